The molecule has 1 atom stereocenters. The topological polar surface area (TPSA) is 125 Å². The first-order chi connectivity index (χ1) is 9.90. The van der Waals surface area contributed by atoms with Crippen molar-refractivity contribution in [2.24, 2.45) is 0 Å². The van der Waals surface area contributed by atoms with Gasteiger partial charge in [-0.15, -0.1) is 0 Å². The Hall–Kier alpha value is -1.71. The van der Waals surface area contributed by atoms with Crippen LogP contribution in [-0.4, -0.2) is 32.6 Å². The highest BCUT2D eigenvalue weighted by atomic mass is 32.2. The van der Waals surface area contributed by atoms with Gasteiger partial charge in [0.05, 0.1) is 15.9 Å². The maximum atomic E-state index is 12.1. The van der Waals surface area contributed by atoms with Crippen molar-refractivity contribution in [3.05, 3.63) is 28.3 Å². The Morgan fingerprint density at radius 1 is 1.43 bits per heavy atom. The fourth-order valence-electron chi connectivity index (χ4n) is 2.10. The lowest BCUT2D eigenvalue weighted by molar-refractivity contribution is -0.384. The van der Waals surface area contributed by atoms with Crippen LogP contribution in [0.4, 0.5) is 11.4 Å². The molecule has 1 aromatic rings. The molecule has 0 amide bonds. The Balaban J connectivity index is 2.11. The molecule has 3 N–H and O–H groups in total. The van der Waals surface area contributed by atoms with Gasteiger partial charge in [0.2, 0.25) is 10.0 Å². The van der Waals surface area contributed by atoms with Crippen molar-refractivity contribution in [3.63, 3.8) is 0 Å². The number of nitrogens with one attached hydrogen (secondary N) is 1. The number of nitro benzene ring substituents is 1. The zero-order chi connectivity index (χ0) is 15.5. The number of nitrogens with zero attached hydrogens (tertiary/aromatic N) is 1. The molecule has 0 aromatic heterocycles. The van der Waals surface area contributed by atoms with E-state index < -0.39 is 20.6 Å². The summed E-state index contributed by atoms with van der Waals surface area (Å²) in [6.07, 6.45) is 2.62. The van der Waals surface area contributed by atoms with Crippen LogP contribution in [0.2, 0.25) is 0 Å². The van der Waals surface area contributed by atoms with Crippen molar-refractivity contribution in [1.82, 2.24) is 4.72 Å². The SMILES string of the molecule is Nc1ccc(S(=O)(=O)NCC2CCCCO2)cc1[N+](=O)[O-]. The first kappa shape index (κ1) is 15.7. The quantitative estimate of drug-likeness (QED) is 0.475. The van der Waals surface area contributed by atoms with Crippen molar-refractivity contribution in [2.75, 3.05) is 18.9 Å². The molecule has 2 rings (SSSR count). The Morgan fingerprint density at radius 3 is 2.81 bits per heavy atom. The number of hydrogen-bond acceptors (Lipinski definition) is 6. The summed E-state index contributed by atoms with van der Waals surface area (Å²) in [5.74, 6) is 0. The molecule has 0 radical (unpaired) electrons. The second kappa shape index (κ2) is 6.37. The van der Waals surface area contributed by atoms with Gasteiger partial charge < -0.3 is 10.5 Å². The van der Waals surface area contributed by atoms with E-state index in [0.29, 0.717) is 6.61 Å². The molecule has 1 aliphatic rings. The van der Waals surface area contributed by atoms with Crippen LogP contribution in [0.5, 0.6) is 0 Å². The fourth-order valence-corrected chi connectivity index (χ4v) is 3.19. The van der Waals surface area contributed by atoms with Gasteiger partial charge in [0, 0.05) is 19.2 Å². The van der Waals surface area contributed by atoms with Crippen molar-refractivity contribution in [2.45, 2.75) is 30.3 Å². The van der Waals surface area contributed by atoms with Gasteiger partial charge in [0.15, 0.2) is 0 Å². The fraction of sp³-hybridized carbons (Fsp3) is 0.500. The normalized spacial score (nSPS) is 19.3. The number of benzene rings is 1. The molecule has 0 saturated carbocycles. The summed E-state index contributed by atoms with van der Waals surface area (Å²) < 4.78 is 32.1. The summed E-state index contributed by atoms with van der Waals surface area (Å²) in [5.41, 5.74) is 4.95. The standard InChI is InChI=1S/C12H17N3O5S/c13-11-5-4-10(7-12(11)15(16)17)21(18,19)14-8-9-3-1-2-6-20-9/h4-5,7,9,14H,1-3,6,8,13H2. The average molecular weight is 315 g/mol. The second-order valence-electron chi connectivity index (χ2n) is 4.82. The van der Waals surface area contributed by atoms with Gasteiger partial charge in [0.25, 0.3) is 5.69 Å². The zero-order valence-electron chi connectivity index (χ0n) is 11.3. The van der Waals surface area contributed by atoms with Crippen LogP contribution in [0.3, 0.4) is 0 Å². The van der Waals surface area contributed by atoms with Crippen LogP contribution in [0.1, 0.15) is 19.3 Å². The molecule has 116 valence electrons. The highest BCUT2D eigenvalue weighted by Crippen LogP contribution is 2.24. The van der Waals surface area contributed by atoms with Crippen molar-refractivity contribution in [3.8, 4) is 0 Å². The molecule has 1 aliphatic heterocycles. The lowest BCUT2D eigenvalue weighted by Crippen LogP contribution is -2.35. The molecule has 1 unspecified atom stereocenters. The first-order valence-electron chi connectivity index (χ1n) is 6.55. The third-order valence-electron chi connectivity index (χ3n) is 3.28. The van der Waals surface area contributed by atoms with Crippen molar-refractivity contribution < 1.29 is 18.1 Å². The van der Waals surface area contributed by atoms with Crippen LogP contribution in [0.15, 0.2) is 23.1 Å². The zero-order valence-corrected chi connectivity index (χ0v) is 12.1. The summed E-state index contributed by atoms with van der Waals surface area (Å²) in [6.45, 7) is 0.778. The minimum Gasteiger partial charge on any atom is -0.393 e. The van der Waals surface area contributed by atoms with Crippen LogP contribution in [0, 0.1) is 10.1 Å². The number of sulfonamides is 1. The summed E-state index contributed by atoms with van der Waals surface area (Å²) in [6, 6.07) is 3.41. The highest BCUT2D eigenvalue weighted by Gasteiger charge is 2.22. The first-order valence-corrected chi connectivity index (χ1v) is 8.03. The molecule has 0 aliphatic carbocycles. The highest BCUT2D eigenvalue weighted by molar-refractivity contribution is 7.89. The van der Waals surface area contributed by atoms with Crippen LogP contribution in [0.25, 0.3) is 0 Å². The van der Waals surface area contributed by atoms with Gasteiger partial charge in [-0.25, -0.2) is 13.1 Å². The van der Waals surface area contributed by atoms with Gasteiger partial charge in [-0.05, 0) is 31.4 Å². The monoisotopic (exact) mass is 315 g/mol. The van der Waals surface area contributed by atoms with E-state index >= 15 is 0 Å². The number of nitro groups is 1. The van der Waals surface area contributed by atoms with E-state index in [1.54, 1.807) is 0 Å². The van der Waals surface area contributed by atoms with Crippen LogP contribution < -0.4 is 10.5 Å². The summed E-state index contributed by atoms with van der Waals surface area (Å²) in [4.78, 5) is 9.91. The van der Waals surface area contributed by atoms with Crippen LogP contribution in [-0.2, 0) is 14.8 Å². The van der Waals surface area contributed by atoms with E-state index in [0.717, 1.165) is 25.3 Å². The lowest BCUT2D eigenvalue weighted by atomic mass is 10.1. The third kappa shape index (κ3) is 3.90. The largest absolute Gasteiger partial charge is 0.393 e. The smallest absolute Gasteiger partial charge is 0.293 e. The number of anilines is 1. The molecule has 0 spiro atoms. The molecular weight excluding hydrogens is 298 g/mol. The molecular formula is C12H17N3O5S. The molecule has 1 heterocycles. The van der Waals surface area contributed by atoms with Gasteiger partial charge in [0.1, 0.15) is 5.69 Å². The van der Waals surface area contributed by atoms with E-state index in [4.69, 9.17) is 10.5 Å². The van der Waals surface area contributed by atoms with Gasteiger partial charge in [-0.2, -0.15) is 0 Å². The van der Waals surface area contributed by atoms with Gasteiger partial charge >= 0.3 is 0 Å². The van der Waals surface area contributed by atoms with E-state index in [1.165, 1.54) is 12.1 Å². The Labute approximate surface area is 122 Å². The molecule has 9 heteroatoms. The maximum absolute atomic E-state index is 12.1. The number of rotatable bonds is 5. The van der Waals surface area contributed by atoms with Gasteiger partial charge in [-0.3, -0.25) is 10.1 Å². The minimum absolute atomic E-state index is 0.0745. The molecule has 1 fully saturated rings. The number of hydrogen-bond donors (Lipinski definition) is 2. The van der Waals surface area contributed by atoms with E-state index in [-0.39, 0.29) is 23.2 Å². The summed E-state index contributed by atoms with van der Waals surface area (Å²) >= 11 is 0. The van der Waals surface area contributed by atoms with Crippen LogP contribution >= 0.6 is 0 Å². The predicted octanol–water partition coefficient (Wildman–Crippen LogP) is 1.02. The average Bonchev–Trinajstić information content (AvgIpc) is 2.46. The number of nitrogens with two attached hydrogens (primary N) is 1. The Morgan fingerprint density at radius 2 is 2.19 bits per heavy atom. The molecule has 8 nitrogen and oxygen atoms in total. The summed E-state index contributed by atoms with van der Waals surface area (Å²) in [7, 11) is -3.82. The number of ether oxygens (including phenoxy) is 1. The predicted molar refractivity (Wildman–Crippen MR) is 76.3 cm³/mol. The summed E-state index contributed by atoms with van der Waals surface area (Å²) in [5, 5.41) is 10.8. The Bertz CT molecular complexity index is 626. The molecule has 1 saturated heterocycles. The second-order valence-corrected chi connectivity index (χ2v) is 6.59. The van der Waals surface area contributed by atoms with Gasteiger partial charge in [-0.1, -0.05) is 0 Å². The lowest BCUT2D eigenvalue weighted by Gasteiger charge is -2.22. The maximum Gasteiger partial charge on any atom is 0.293 e. The minimum atomic E-state index is -3.82. The van der Waals surface area contributed by atoms with Crippen molar-refractivity contribution >= 4 is 21.4 Å². The number of nitrogen functional groups attached to an aromatic ring is 1. The molecule has 21 heavy (non-hydrogen) atoms. The molecule has 0 bridgehead atoms. The van der Waals surface area contributed by atoms with E-state index in [1.807, 2.05) is 0 Å². The molecule has 1 aromatic carbocycles. The Kier molecular flexibility index (Phi) is 4.76. The van der Waals surface area contributed by atoms with E-state index in [9.17, 15) is 18.5 Å². The van der Waals surface area contributed by atoms with E-state index in [2.05, 4.69) is 4.72 Å². The van der Waals surface area contributed by atoms with Crippen molar-refractivity contribution in [1.29, 1.82) is 0 Å². The third-order valence-corrected chi connectivity index (χ3v) is 4.71.